The molecule has 0 rings (SSSR count). The minimum atomic E-state index is -4.27. The van der Waals surface area contributed by atoms with E-state index in [4.69, 9.17) is 15.5 Å². The van der Waals surface area contributed by atoms with Gasteiger partial charge in [-0.15, -0.1) is 0 Å². The highest BCUT2D eigenvalue weighted by molar-refractivity contribution is 7.46. The molecule has 0 radical (unpaired) electrons. The number of unbranched alkanes of at least 4 members (excludes halogenated alkanes) is 22. The first-order valence-corrected chi connectivity index (χ1v) is 15.0. The number of phosphoric ester groups is 1. The summed E-state index contributed by atoms with van der Waals surface area (Å²) in [4.78, 5) is 17.2. The second kappa shape index (κ2) is 24.7. The van der Waals surface area contributed by atoms with Gasteiger partial charge in [-0.05, 0) is 19.4 Å². The molecular weight excluding hydrogens is 409 g/mol. The highest BCUT2D eigenvalue weighted by Gasteiger charge is 2.12. The van der Waals surface area contributed by atoms with Crippen LogP contribution in [-0.4, -0.2) is 22.9 Å². The van der Waals surface area contributed by atoms with Crippen LogP contribution in [0.25, 0.3) is 0 Å². The van der Waals surface area contributed by atoms with Gasteiger partial charge in [-0.25, -0.2) is 4.57 Å². The first-order valence-electron chi connectivity index (χ1n) is 13.5. The standard InChI is InChI=1S/C25H54NO4P/c26-24-22-20-18-16-14-12-10-8-6-4-2-1-3-5-7-9-11-13-15-17-19-21-23-25-30-31(27,28)29/h1-26H2,(H2,27,28,29). The molecule has 0 aliphatic heterocycles. The third-order valence-electron chi connectivity index (χ3n) is 6.11. The molecule has 6 heteroatoms. The van der Waals surface area contributed by atoms with Gasteiger partial charge in [0, 0.05) is 0 Å². The zero-order valence-corrected chi connectivity index (χ0v) is 21.3. The van der Waals surface area contributed by atoms with Crippen molar-refractivity contribution in [2.45, 2.75) is 148 Å². The number of hydrogen-bond acceptors (Lipinski definition) is 3. The molecule has 0 aromatic rings. The van der Waals surface area contributed by atoms with Crippen LogP contribution in [0.15, 0.2) is 0 Å². The Balaban J connectivity index is 3.03. The summed E-state index contributed by atoms with van der Waals surface area (Å²) < 4.78 is 15.0. The molecule has 0 unspecified atom stereocenters. The minimum Gasteiger partial charge on any atom is -0.330 e. The lowest BCUT2D eigenvalue weighted by Gasteiger charge is -2.05. The number of rotatable bonds is 26. The van der Waals surface area contributed by atoms with Crippen LogP contribution >= 0.6 is 7.82 Å². The average Bonchev–Trinajstić information content (AvgIpc) is 2.73. The Morgan fingerprint density at radius 3 is 0.903 bits per heavy atom. The summed E-state index contributed by atoms with van der Waals surface area (Å²) in [5.41, 5.74) is 5.51. The highest BCUT2D eigenvalue weighted by Crippen LogP contribution is 2.35. The van der Waals surface area contributed by atoms with Gasteiger partial charge in [0.25, 0.3) is 0 Å². The molecule has 0 amide bonds. The zero-order valence-electron chi connectivity index (χ0n) is 20.4. The molecule has 4 N–H and O–H groups in total. The van der Waals surface area contributed by atoms with Gasteiger partial charge in [0.05, 0.1) is 6.61 Å². The fourth-order valence-corrected chi connectivity index (χ4v) is 4.51. The Kier molecular flexibility index (Phi) is 24.8. The van der Waals surface area contributed by atoms with Gasteiger partial charge in [-0.1, -0.05) is 135 Å². The predicted molar refractivity (Wildman–Crippen MR) is 133 cm³/mol. The lowest BCUT2D eigenvalue weighted by atomic mass is 10.0. The molecular formula is C25H54NO4P. The van der Waals surface area contributed by atoms with Gasteiger partial charge in [0.1, 0.15) is 0 Å². The lowest BCUT2D eigenvalue weighted by Crippen LogP contribution is -1.97. The SMILES string of the molecule is NCCCCCCCCCCCCCCCCCCCCCCCCCOP(=O)(O)O. The van der Waals surface area contributed by atoms with Crippen LogP contribution in [0, 0.1) is 0 Å². The molecule has 5 nitrogen and oxygen atoms in total. The van der Waals surface area contributed by atoms with E-state index in [0.717, 1.165) is 25.8 Å². The summed E-state index contributed by atoms with van der Waals surface area (Å²) in [5, 5.41) is 0. The fourth-order valence-electron chi connectivity index (χ4n) is 4.14. The van der Waals surface area contributed by atoms with Crippen molar-refractivity contribution in [3.63, 3.8) is 0 Å². The third-order valence-corrected chi connectivity index (χ3v) is 6.63. The van der Waals surface area contributed by atoms with E-state index in [2.05, 4.69) is 4.52 Å². The highest BCUT2D eigenvalue weighted by atomic mass is 31.2. The largest absolute Gasteiger partial charge is 0.469 e. The molecule has 0 aromatic carbocycles. The molecule has 0 fully saturated rings. The maximum atomic E-state index is 10.5. The third kappa shape index (κ3) is 30.1. The van der Waals surface area contributed by atoms with Crippen molar-refractivity contribution >= 4 is 7.82 Å². The van der Waals surface area contributed by atoms with Crippen LogP contribution in [0.3, 0.4) is 0 Å². The van der Waals surface area contributed by atoms with E-state index in [-0.39, 0.29) is 6.61 Å². The van der Waals surface area contributed by atoms with Crippen molar-refractivity contribution in [3.05, 3.63) is 0 Å². The van der Waals surface area contributed by atoms with Gasteiger partial charge in [0.2, 0.25) is 0 Å². The quantitative estimate of drug-likeness (QED) is 0.0891. The molecule has 0 saturated carbocycles. The van der Waals surface area contributed by atoms with Gasteiger partial charge < -0.3 is 15.5 Å². The molecule has 0 atom stereocenters. The van der Waals surface area contributed by atoms with E-state index < -0.39 is 7.82 Å². The first kappa shape index (κ1) is 31.1. The second-order valence-corrected chi connectivity index (χ2v) is 10.5. The van der Waals surface area contributed by atoms with E-state index in [1.807, 2.05) is 0 Å². The van der Waals surface area contributed by atoms with E-state index in [1.54, 1.807) is 0 Å². The van der Waals surface area contributed by atoms with Gasteiger partial charge in [-0.2, -0.15) is 0 Å². The Morgan fingerprint density at radius 2 is 0.677 bits per heavy atom. The van der Waals surface area contributed by atoms with E-state index >= 15 is 0 Å². The van der Waals surface area contributed by atoms with E-state index in [0.29, 0.717) is 0 Å². The average molecular weight is 464 g/mol. The molecule has 31 heavy (non-hydrogen) atoms. The summed E-state index contributed by atoms with van der Waals surface area (Å²) in [7, 11) is -4.27. The van der Waals surface area contributed by atoms with Crippen molar-refractivity contribution in [2.24, 2.45) is 5.73 Å². The van der Waals surface area contributed by atoms with E-state index in [9.17, 15) is 4.57 Å². The number of hydrogen-bond donors (Lipinski definition) is 3. The lowest BCUT2D eigenvalue weighted by molar-refractivity contribution is 0.193. The smallest absolute Gasteiger partial charge is 0.330 e. The second-order valence-electron chi connectivity index (χ2n) is 9.24. The molecule has 0 heterocycles. The van der Waals surface area contributed by atoms with Gasteiger partial charge in [0.15, 0.2) is 0 Å². The Labute approximate surface area is 193 Å². The van der Waals surface area contributed by atoms with Crippen LogP contribution < -0.4 is 5.73 Å². The summed E-state index contributed by atoms with van der Waals surface area (Å²) >= 11 is 0. The van der Waals surface area contributed by atoms with Crippen LogP contribution in [0.5, 0.6) is 0 Å². The number of phosphoric acid groups is 1. The minimum absolute atomic E-state index is 0.167. The maximum absolute atomic E-state index is 10.5. The van der Waals surface area contributed by atoms with E-state index in [1.165, 1.54) is 128 Å². The fraction of sp³-hybridized carbons (Fsp3) is 1.00. The van der Waals surface area contributed by atoms with Crippen LogP contribution in [0.4, 0.5) is 0 Å². The zero-order chi connectivity index (χ0) is 22.9. The molecule has 0 bridgehead atoms. The maximum Gasteiger partial charge on any atom is 0.469 e. The summed E-state index contributed by atoms with van der Waals surface area (Å²) in [6.45, 7) is 1.02. The Hall–Kier alpha value is 0.0700. The molecule has 0 aliphatic carbocycles. The first-order chi connectivity index (χ1) is 15.1. The van der Waals surface area contributed by atoms with Gasteiger partial charge >= 0.3 is 7.82 Å². The Morgan fingerprint density at radius 1 is 0.452 bits per heavy atom. The van der Waals surface area contributed by atoms with Crippen LogP contribution in [0.1, 0.15) is 148 Å². The Bertz CT molecular complexity index is 390. The van der Waals surface area contributed by atoms with Crippen molar-refractivity contribution < 1.29 is 18.9 Å². The predicted octanol–water partition coefficient (Wildman–Crippen LogP) is 8.03. The van der Waals surface area contributed by atoms with Crippen molar-refractivity contribution in [3.8, 4) is 0 Å². The van der Waals surface area contributed by atoms with Crippen molar-refractivity contribution in [1.82, 2.24) is 0 Å². The van der Waals surface area contributed by atoms with Crippen LogP contribution in [0.2, 0.25) is 0 Å². The molecule has 0 spiro atoms. The summed E-state index contributed by atoms with van der Waals surface area (Å²) in [5.74, 6) is 0. The normalized spacial score (nSPS) is 12.0. The molecule has 0 saturated heterocycles. The topological polar surface area (TPSA) is 92.8 Å². The molecule has 0 aliphatic rings. The number of nitrogens with two attached hydrogens (primary N) is 1. The van der Waals surface area contributed by atoms with Gasteiger partial charge in [-0.3, -0.25) is 4.52 Å². The van der Waals surface area contributed by atoms with Crippen LogP contribution in [-0.2, 0) is 9.09 Å². The summed E-state index contributed by atoms with van der Waals surface area (Å²) in [6, 6.07) is 0. The monoisotopic (exact) mass is 463 g/mol. The molecule has 188 valence electrons. The van der Waals surface area contributed by atoms with Crippen molar-refractivity contribution in [2.75, 3.05) is 13.2 Å². The van der Waals surface area contributed by atoms with Crippen molar-refractivity contribution in [1.29, 1.82) is 0 Å². The summed E-state index contributed by atoms with van der Waals surface area (Å²) in [6.07, 6.45) is 30.4. The molecule has 0 aromatic heterocycles.